The average Bonchev–Trinajstić information content (AvgIpc) is 3.19. The van der Waals surface area contributed by atoms with Crippen molar-refractivity contribution in [2.75, 3.05) is 12.4 Å². The second-order valence-corrected chi connectivity index (χ2v) is 8.84. The minimum atomic E-state index is -0.600. The Kier molecular flexibility index (Phi) is 6.90. The minimum absolute atomic E-state index is 0.0801. The third-order valence-electron chi connectivity index (χ3n) is 3.94. The Morgan fingerprint density at radius 2 is 1.40 bits per heavy atom. The summed E-state index contributed by atoms with van der Waals surface area (Å²) in [5.74, 6) is -0.688. The molecule has 1 fully saturated rings. The zero-order chi connectivity index (χ0) is 21.7. The molecule has 2 aromatic rings. The molecule has 3 rings (SSSR count). The van der Waals surface area contributed by atoms with Crippen molar-refractivity contribution in [1.82, 2.24) is 0 Å². The van der Waals surface area contributed by atoms with E-state index in [0.717, 1.165) is 0 Å². The van der Waals surface area contributed by atoms with E-state index in [2.05, 4.69) is 0 Å². The maximum absolute atomic E-state index is 12.2. The molecule has 0 amide bonds. The highest BCUT2D eigenvalue weighted by Gasteiger charge is 2.30. The molecule has 2 aromatic carbocycles. The molecule has 12 heteroatoms. The number of carbonyl (C=O) groups is 2. The first kappa shape index (κ1) is 21.6. The van der Waals surface area contributed by atoms with Crippen LogP contribution in [0.5, 0.6) is 0 Å². The van der Waals surface area contributed by atoms with Crippen molar-refractivity contribution in [1.29, 1.82) is 0 Å². The Hall–Kier alpha value is -3.12. The summed E-state index contributed by atoms with van der Waals surface area (Å²) in [7, 11) is 0. The number of rotatable bonds is 7. The van der Waals surface area contributed by atoms with Gasteiger partial charge in [-0.1, -0.05) is 11.8 Å². The predicted molar refractivity (Wildman–Crippen MR) is 110 cm³/mol. The maximum Gasteiger partial charge on any atom is 0.339 e. The van der Waals surface area contributed by atoms with E-state index >= 15 is 0 Å². The first-order valence-electron chi connectivity index (χ1n) is 8.47. The van der Waals surface area contributed by atoms with Crippen LogP contribution in [-0.4, -0.2) is 44.2 Å². The molecule has 1 saturated heterocycles. The minimum Gasteiger partial charge on any atom is -0.460 e. The summed E-state index contributed by atoms with van der Waals surface area (Å²) in [6, 6.07) is 10.2. The number of nitrogens with zero attached hydrogens (tertiary/aromatic N) is 2. The normalized spacial score (nSPS) is 17.9. The first-order valence-corrected chi connectivity index (χ1v) is 10.5. The van der Waals surface area contributed by atoms with Gasteiger partial charge in [-0.15, -0.1) is 11.8 Å². The first-order chi connectivity index (χ1) is 14.3. The fourth-order valence-electron chi connectivity index (χ4n) is 2.44. The van der Waals surface area contributed by atoms with Crippen molar-refractivity contribution >= 4 is 46.8 Å². The Morgan fingerprint density at radius 1 is 0.900 bits per heavy atom. The van der Waals surface area contributed by atoms with Crippen LogP contribution in [0.25, 0.3) is 0 Å². The molecule has 0 bridgehead atoms. The van der Waals surface area contributed by atoms with E-state index in [1.54, 1.807) is 0 Å². The number of hydrogen-bond donors (Lipinski definition) is 0. The lowest BCUT2D eigenvalue weighted by molar-refractivity contribution is -0.385. The number of carbonyl (C=O) groups excluding carboxylic acids is 2. The number of nitro groups is 2. The van der Waals surface area contributed by atoms with Gasteiger partial charge < -0.3 is 9.47 Å². The summed E-state index contributed by atoms with van der Waals surface area (Å²) >= 11 is 2.80. The lowest BCUT2D eigenvalue weighted by Gasteiger charge is -2.12. The van der Waals surface area contributed by atoms with Crippen molar-refractivity contribution < 1.29 is 28.9 Å². The van der Waals surface area contributed by atoms with Gasteiger partial charge in [0.2, 0.25) is 0 Å². The topological polar surface area (TPSA) is 139 Å². The molecule has 1 aliphatic heterocycles. The Labute approximate surface area is 178 Å². The van der Waals surface area contributed by atoms with Crippen molar-refractivity contribution in [3.63, 3.8) is 0 Å². The largest absolute Gasteiger partial charge is 0.460 e. The number of nitro benzene ring substituents is 2. The molecule has 0 aliphatic carbocycles. The summed E-state index contributed by atoms with van der Waals surface area (Å²) in [6.45, 7) is 0.0801. The van der Waals surface area contributed by atoms with Gasteiger partial charge in [-0.25, -0.2) is 9.59 Å². The fraction of sp³-hybridized carbons (Fsp3) is 0.222. The van der Waals surface area contributed by atoms with Crippen molar-refractivity contribution in [3.8, 4) is 0 Å². The van der Waals surface area contributed by atoms with Crippen LogP contribution < -0.4 is 0 Å². The van der Waals surface area contributed by atoms with Crippen LogP contribution in [0.3, 0.4) is 0 Å². The molecule has 0 aromatic heterocycles. The number of benzene rings is 2. The van der Waals surface area contributed by atoms with Crippen LogP contribution >= 0.6 is 23.5 Å². The van der Waals surface area contributed by atoms with Gasteiger partial charge in [0, 0.05) is 30.0 Å². The molecular weight excluding hydrogens is 436 g/mol. The summed E-state index contributed by atoms with van der Waals surface area (Å²) in [6.07, 6.45) is 0. The van der Waals surface area contributed by atoms with Crippen molar-refractivity contribution in [3.05, 3.63) is 79.9 Å². The smallest absolute Gasteiger partial charge is 0.339 e. The van der Waals surface area contributed by atoms with Crippen LogP contribution in [0, 0.1) is 20.2 Å². The van der Waals surface area contributed by atoms with Gasteiger partial charge in [-0.3, -0.25) is 20.2 Å². The number of esters is 2. The lowest BCUT2D eigenvalue weighted by atomic mass is 10.2. The Balaban J connectivity index is 1.45. The second kappa shape index (κ2) is 9.59. The summed E-state index contributed by atoms with van der Waals surface area (Å²) in [5, 5.41) is 21.3. The third kappa shape index (κ3) is 5.48. The molecular formula is C18H14N2O8S2. The van der Waals surface area contributed by atoms with Crippen LogP contribution in [0.2, 0.25) is 0 Å². The molecule has 1 aliphatic rings. The Bertz CT molecular complexity index is 965. The number of hydrogen-bond acceptors (Lipinski definition) is 10. The van der Waals surface area contributed by atoms with Gasteiger partial charge in [-0.05, 0) is 24.3 Å². The highest BCUT2D eigenvalue weighted by molar-refractivity contribution is 8.20. The molecule has 10 nitrogen and oxygen atoms in total. The molecule has 1 heterocycles. The van der Waals surface area contributed by atoms with E-state index in [1.807, 2.05) is 0 Å². The monoisotopic (exact) mass is 450 g/mol. The summed E-state index contributed by atoms with van der Waals surface area (Å²) < 4.78 is 10.5. The zero-order valence-corrected chi connectivity index (χ0v) is 16.8. The predicted octanol–water partition coefficient (Wildman–Crippen LogP) is 3.65. The second-order valence-electron chi connectivity index (χ2n) is 5.94. The highest BCUT2D eigenvalue weighted by Crippen LogP contribution is 2.39. The van der Waals surface area contributed by atoms with E-state index in [0.29, 0.717) is 5.75 Å². The van der Waals surface area contributed by atoms with Crippen molar-refractivity contribution in [2.24, 2.45) is 0 Å². The van der Waals surface area contributed by atoms with Crippen molar-refractivity contribution in [2.45, 2.75) is 10.0 Å². The molecule has 0 N–H and O–H groups in total. The molecule has 0 saturated carbocycles. The van der Waals surface area contributed by atoms with Gasteiger partial charge in [0.05, 0.1) is 25.6 Å². The molecule has 0 radical (unpaired) electrons. The standard InChI is InChI=1S/C18H14N2O8S2/c21-17(11-1-5-13(6-2-11)19(23)24)27-9-16-29-10-15(30-16)28-18(22)12-3-7-14(8-4-12)20(25)26/h1-8,15-16H,9-10H2/t15-,16+/m1/s1. The number of thioether (sulfide) groups is 2. The number of ether oxygens (including phenoxy) is 2. The molecule has 30 heavy (non-hydrogen) atoms. The fourth-order valence-corrected chi connectivity index (χ4v) is 5.14. The maximum atomic E-state index is 12.2. The van der Waals surface area contributed by atoms with Gasteiger partial charge >= 0.3 is 11.9 Å². The van der Waals surface area contributed by atoms with E-state index in [-0.39, 0.29) is 33.7 Å². The van der Waals surface area contributed by atoms with Crippen LogP contribution in [0.15, 0.2) is 48.5 Å². The van der Waals surface area contributed by atoms with E-state index < -0.39 is 27.2 Å². The highest BCUT2D eigenvalue weighted by atomic mass is 32.2. The average molecular weight is 450 g/mol. The summed E-state index contributed by atoms with van der Waals surface area (Å²) in [5.41, 5.74) is -0.270. The summed E-state index contributed by atoms with van der Waals surface area (Å²) in [4.78, 5) is 44.4. The SMILES string of the molecule is O=C(OC[C@H]1SC[C@H](OC(=O)c2ccc([N+](=O)[O-])cc2)S1)c1ccc([N+](=O)[O-])cc1. The zero-order valence-electron chi connectivity index (χ0n) is 15.2. The van der Waals surface area contributed by atoms with Gasteiger partial charge in [0.1, 0.15) is 6.61 Å². The van der Waals surface area contributed by atoms with E-state index in [4.69, 9.17) is 9.47 Å². The molecule has 0 spiro atoms. The van der Waals surface area contributed by atoms with Crippen LogP contribution in [0.1, 0.15) is 20.7 Å². The Morgan fingerprint density at radius 3 is 1.90 bits per heavy atom. The quantitative estimate of drug-likeness (QED) is 0.349. The van der Waals surface area contributed by atoms with Crippen LogP contribution in [0.4, 0.5) is 11.4 Å². The molecule has 156 valence electrons. The molecule has 0 unspecified atom stereocenters. The number of non-ortho nitro benzene ring substituents is 2. The van der Waals surface area contributed by atoms with Gasteiger partial charge in [-0.2, -0.15) is 0 Å². The van der Waals surface area contributed by atoms with E-state index in [9.17, 15) is 29.8 Å². The lowest BCUT2D eigenvalue weighted by Crippen LogP contribution is -2.16. The van der Waals surface area contributed by atoms with Gasteiger partial charge in [0.15, 0.2) is 5.44 Å². The van der Waals surface area contributed by atoms with Crippen LogP contribution in [-0.2, 0) is 9.47 Å². The third-order valence-corrected chi connectivity index (χ3v) is 6.90. The molecule has 2 atom stereocenters. The van der Waals surface area contributed by atoms with Gasteiger partial charge in [0.25, 0.3) is 11.4 Å². The van der Waals surface area contributed by atoms with E-state index in [1.165, 1.54) is 72.1 Å².